The van der Waals surface area contributed by atoms with Gasteiger partial charge in [0.25, 0.3) is 5.69 Å². The molecule has 2 rings (SSSR count). The van der Waals surface area contributed by atoms with Gasteiger partial charge in [-0.1, -0.05) is 17.7 Å². The van der Waals surface area contributed by atoms with E-state index in [1.54, 1.807) is 6.07 Å². The first-order valence-corrected chi connectivity index (χ1v) is 6.66. The van der Waals surface area contributed by atoms with E-state index in [2.05, 4.69) is 15.9 Å². The molecule has 0 heterocycles. The fourth-order valence-electron chi connectivity index (χ4n) is 1.60. The number of ether oxygens (including phenoxy) is 1. The van der Waals surface area contributed by atoms with E-state index < -0.39 is 10.7 Å². The monoisotopic (exact) mass is 359 g/mol. The molecule has 0 radical (unpaired) electrons. The average Bonchev–Trinajstić information content (AvgIpc) is 2.38. The molecule has 104 valence electrons. The number of halogens is 3. The quantitative estimate of drug-likeness (QED) is 0.585. The van der Waals surface area contributed by atoms with Gasteiger partial charge in [0.2, 0.25) is 0 Å². The van der Waals surface area contributed by atoms with Crippen molar-refractivity contribution in [2.45, 2.75) is 6.61 Å². The first-order chi connectivity index (χ1) is 9.49. The average molecular weight is 361 g/mol. The first-order valence-electron chi connectivity index (χ1n) is 5.48. The van der Waals surface area contributed by atoms with Gasteiger partial charge in [0.1, 0.15) is 18.2 Å². The topological polar surface area (TPSA) is 52.4 Å². The summed E-state index contributed by atoms with van der Waals surface area (Å²) in [6.45, 7) is -0.0831. The van der Waals surface area contributed by atoms with Crippen LogP contribution in [0.5, 0.6) is 5.75 Å². The van der Waals surface area contributed by atoms with Crippen molar-refractivity contribution < 1.29 is 14.1 Å². The van der Waals surface area contributed by atoms with E-state index in [0.717, 1.165) is 0 Å². The molecule has 0 fully saturated rings. The lowest BCUT2D eigenvalue weighted by atomic mass is 10.2. The summed E-state index contributed by atoms with van der Waals surface area (Å²) >= 11 is 9.10. The molecular weight excluding hydrogens is 353 g/mol. The second-order valence-electron chi connectivity index (χ2n) is 3.86. The van der Waals surface area contributed by atoms with E-state index in [4.69, 9.17) is 16.3 Å². The second kappa shape index (κ2) is 6.19. The van der Waals surface area contributed by atoms with Gasteiger partial charge in [-0.15, -0.1) is 0 Å². The van der Waals surface area contributed by atoms with Crippen molar-refractivity contribution >= 4 is 33.2 Å². The highest BCUT2D eigenvalue weighted by Gasteiger charge is 2.17. The zero-order valence-electron chi connectivity index (χ0n) is 9.98. The number of benzene rings is 2. The Hall–Kier alpha value is -1.66. The minimum atomic E-state index is -0.524. The SMILES string of the molecule is O=[N+]([O-])c1cccc(Cl)c1COc1ccc(F)cc1Br. The van der Waals surface area contributed by atoms with Crippen LogP contribution >= 0.6 is 27.5 Å². The number of nitro benzene ring substituents is 1. The molecule has 0 aliphatic carbocycles. The molecule has 4 nitrogen and oxygen atoms in total. The van der Waals surface area contributed by atoms with Crippen LogP contribution in [-0.2, 0) is 6.61 Å². The van der Waals surface area contributed by atoms with Gasteiger partial charge in [-0.2, -0.15) is 0 Å². The van der Waals surface area contributed by atoms with Crippen LogP contribution in [0.25, 0.3) is 0 Å². The number of nitrogens with zero attached hydrogens (tertiary/aromatic N) is 1. The number of nitro groups is 1. The number of rotatable bonds is 4. The maximum atomic E-state index is 12.9. The lowest BCUT2D eigenvalue weighted by Gasteiger charge is -2.09. The fourth-order valence-corrected chi connectivity index (χ4v) is 2.29. The van der Waals surface area contributed by atoms with Gasteiger partial charge in [-0.25, -0.2) is 4.39 Å². The van der Waals surface area contributed by atoms with Crippen molar-refractivity contribution in [3.8, 4) is 5.75 Å². The molecule has 0 unspecified atom stereocenters. The summed E-state index contributed by atoms with van der Waals surface area (Å²) in [6.07, 6.45) is 0. The van der Waals surface area contributed by atoms with Gasteiger partial charge >= 0.3 is 0 Å². The highest BCUT2D eigenvalue weighted by Crippen LogP contribution is 2.30. The van der Waals surface area contributed by atoms with Gasteiger partial charge < -0.3 is 4.74 Å². The van der Waals surface area contributed by atoms with Gasteiger partial charge in [-0.3, -0.25) is 10.1 Å². The van der Waals surface area contributed by atoms with E-state index in [9.17, 15) is 14.5 Å². The van der Waals surface area contributed by atoms with Crippen molar-refractivity contribution in [1.82, 2.24) is 0 Å². The summed E-state index contributed by atoms with van der Waals surface area (Å²) in [5.74, 6) is -0.0337. The highest BCUT2D eigenvalue weighted by atomic mass is 79.9. The molecule has 2 aromatic rings. The highest BCUT2D eigenvalue weighted by molar-refractivity contribution is 9.10. The molecule has 2 aromatic carbocycles. The Morgan fingerprint density at radius 3 is 2.75 bits per heavy atom. The van der Waals surface area contributed by atoms with Crippen LogP contribution in [-0.4, -0.2) is 4.92 Å². The Balaban J connectivity index is 2.25. The molecule has 0 spiro atoms. The molecule has 0 aromatic heterocycles. The Morgan fingerprint density at radius 1 is 1.35 bits per heavy atom. The minimum absolute atomic E-state index is 0.0831. The van der Waals surface area contributed by atoms with Crippen LogP contribution in [0.1, 0.15) is 5.56 Å². The van der Waals surface area contributed by atoms with Crippen molar-refractivity contribution in [3.05, 3.63) is 67.4 Å². The third kappa shape index (κ3) is 3.26. The van der Waals surface area contributed by atoms with E-state index in [-0.39, 0.29) is 22.9 Å². The Kier molecular flexibility index (Phi) is 4.57. The van der Waals surface area contributed by atoms with E-state index in [1.165, 1.54) is 30.3 Å². The van der Waals surface area contributed by atoms with Crippen molar-refractivity contribution in [2.24, 2.45) is 0 Å². The largest absolute Gasteiger partial charge is 0.487 e. The van der Waals surface area contributed by atoms with Crippen molar-refractivity contribution in [2.75, 3.05) is 0 Å². The van der Waals surface area contributed by atoms with Gasteiger partial charge in [0.05, 0.1) is 20.0 Å². The van der Waals surface area contributed by atoms with Gasteiger partial charge in [0, 0.05) is 6.07 Å². The molecule has 0 amide bonds. The molecule has 0 N–H and O–H groups in total. The molecule has 0 atom stereocenters. The maximum Gasteiger partial charge on any atom is 0.277 e. The van der Waals surface area contributed by atoms with Crippen LogP contribution < -0.4 is 4.74 Å². The molecule has 0 aliphatic rings. The molecule has 0 bridgehead atoms. The normalized spacial score (nSPS) is 10.3. The molecule has 0 aliphatic heterocycles. The predicted octanol–water partition coefficient (Wildman–Crippen LogP) is 4.73. The van der Waals surface area contributed by atoms with Crippen LogP contribution in [0.2, 0.25) is 5.02 Å². The van der Waals surface area contributed by atoms with E-state index >= 15 is 0 Å². The summed E-state index contributed by atoms with van der Waals surface area (Å²) < 4.78 is 18.8. The maximum absolute atomic E-state index is 12.9. The van der Waals surface area contributed by atoms with E-state index in [1.807, 2.05) is 0 Å². The Bertz CT molecular complexity index is 666. The number of hydrogen-bond acceptors (Lipinski definition) is 3. The lowest BCUT2D eigenvalue weighted by molar-refractivity contribution is -0.385. The number of hydrogen-bond donors (Lipinski definition) is 0. The molecule has 7 heteroatoms. The summed E-state index contributed by atoms with van der Waals surface area (Å²) in [6, 6.07) is 8.31. The molecular formula is C13H8BrClFNO3. The zero-order chi connectivity index (χ0) is 14.7. The summed E-state index contributed by atoms with van der Waals surface area (Å²) in [7, 11) is 0. The van der Waals surface area contributed by atoms with E-state index in [0.29, 0.717) is 10.2 Å². The third-order valence-corrected chi connectivity index (χ3v) is 3.53. The Labute approximate surface area is 127 Å². The minimum Gasteiger partial charge on any atom is -0.487 e. The standard InChI is InChI=1S/C13H8BrClFNO3/c14-10-6-8(16)4-5-13(10)20-7-9-11(15)2-1-3-12(9)17(18)19/h1-6H,7H2. The Morgan fingerprint density at radius 2 is 2.10 bits per heavy atom. The predicted molar refractivity (Wildman–Crippen MR) is 76.5 cm³/mol. The van der Waals surface area contributed by atoms with Crippen molar-refractivity contribution in [1.29, 1.82) is 0 Å². The van der Waals surface area contributed by atoms with Gasteiger partial charge in [0.15, 0.2) is 0 Å². The van der Waals surface area contributed by atoms with Crippen LogP contribution in [0.15, 0.2) is 40.9 Å². The zero-order valence-corrected chi connectivity index (χ0v) is 12.3. The van der Waals surface area contributed by atoms with Gasteiger partial charge in [-0.05, 0) is 40.2 Å². The lowest BCUT2D eigenvalue weighted by Crippen LogP contribution is -2.02. The molecule has 0 saturated heterocycles. The summed E-state index contributed by atoms with van der Waals surface area (Å²) in [5.41, 5.74) is 0.158. The molecule has 20 heavy (non-hydrogen) atoms. The van der Waals surface area contributed by atoms with Crippen LogP contribution in [0.4, 0.5) is 10.1 Å². The van der Waals surface area contributed by atoms with Crippen LogP contribution in [0.3, 0.4) is 0 Å². The van der Waals surface area contributed by atoms with Crippen LogP contribution in [0, 0.1) is 15.9 Å². The first kappa shape index (κ1) is 14.7. The fraction of sp³-hybridized carbons (Fsp3) is 0.0769. The smallest absolute Gasteiger partial charge is 0.277 e. The summed E-state index contributed by atoms with van der Waals surface area (Å²) in [4.78, 5) is 10.4. The third-order valence-electron chi connectivity index (χ3n) is 2.56. The summed E-state index contributed by atoms with van der Waals surface area (Å²) in [5, 5.41) is 11.2. The molecule has 0 saturated carbocycles. The van der Waals surface area contributed by atoms with Crippen molar-refractivity contribution in [3.63, 3.8) is 0 Å². The second-order valence-corrected chi connectivity index (χ2v) is 5.12.